The Morgan fingerprint density at radius 3 is 3.00 bits per heavy atom. The Morgan fingerprint density at radius 1 is 1.27 bits per heavy atom. The van der Waals surface area contributed by atoms with Crippen LogP contribution in [0.1, 0.15) is 11.1 Å². The van der Waals surface area contributed by atoms with Gasteiger partial charge in [0.15, 0.2) is 5.75 Å². The molecule has 1 aliphatic rings. The third-order valence-electron chi connectivity index (χ3n) is 4.03. The fourth-order valence-electron chi connectivity index (χ4n) is 2.93. The fraction of sp³-hybridized carbons (Fsp3) is 0.176. The number of benzene rings is 1. The number of nitrogens with zero attached hydrogens (tertiary/aromatic N) is 2. The maximum absolute atomic E-state index is 13.0. The second-order valence-electron chi connectivity index (χ2n) is 5.36. The van der Waals surface area contributed by atoms with Crippen LogP contribution >= 0.6 is 12.6 Å². The molecule has 4 rings (SSSR count). The van der Waals surface area contributed by atoms with Crippen molar-refractivity contribution in [1.82, 2.24) is 9.55 Å². The highest BCUT2D eigenvalue weighted by molar-refractivity contribution is 7.80. The summed E-state index contributed by atoms with van der Waals surface area (Å²) in [7, 11) is 0. The lowest BCUT2D eigenvalue weighted by Crippen LogP contribution is -2.22. The lowest BCUT2D eigenvalue weighted by molar-refractivity contribution is 0.359. The average molecular weight is 310 g/mol. The van der Waals surface area contributed by atoms with E-state index in [2.05, 4.69) is 17.6 Å². The summed E-state index contributed by atoms with van der Waals surface area (Å²) in [6.45, 7) is 2.51. The van der Waals surface area contributed by atoms with Crippen LogP contribution < -0.4 is 10.3 Å². The van der Waals surface area contributed by atoms with E-state index in [1.165, 1.54) is 0 Å². The number of ether oxygens (including phenoxy) is 1. The smallest absolute Gasteiger partial charge is 0.262 e. The highest BCUT2D eigenvalue weighted by Gasteiger charge is 2.24. The molecule has 22 heavy (non-hydrogen) atoms. The van der Waals surface area contributed by atoms with Crippen LogP contribution in [-0.2, 0) is 6.42 Å². The summed E-state index contributed by atoms with van der Waals surface area (Å²) in [5.74, 6) is 0.630. The SMILES string of the molecule is Cc1cccc(-n2c(=O)c3c(c4ncccc42)OCC3)c1S. The van der Waals surface area contributed by atoms with Gasteiger partial charge in [-0.2, -0.15) is 0 Å². The minimum absolute atomic E-state index is 0.0473. The molecule has 0 saturated heterocycles. The maximum atomic E-state index is 13.0. The monoisotopic (exact) mass is 310 g/mol. The number of aryl methyl sites for hydroxylation is 1. The van der Waals surface area contributed by atoms with E-state index in [0.717, 1.165) is 27.2 Å². The van der Waals surface area contributed by atoms with Crippen LogP contribution in [0.4, 0.5) is 0 Å². The lowest BCUT2D eigenvalue weighted by Gasteiger charge is -2.15. The van der Waals surface area contributed by atoms with E-state index in [0.29, 0.717) is 24.3 Å². The van der Waals surface area contributed by atoms with Crippen molar-refractivity contribution in [2.45, 2.75) is 18.2 Å². The Balaban J connectivity index is 2.19. The van der Waals surface area contributed by atoms with Crippen LogP contribution in [0.25, 0.3) is 16.7 Å². The molecule has 4 nitrogen and oxygen atoms in total. The molecule has 0 spiro atoms. The largest absolute Gasteiger partial charge is 0.490 e. The van der Waals surface area contributed by atoms with E-state index in [1.807, 2.05) is 37.3 Å². The molecular formula is C17H14N2O2S. The standard InChI is InChI=1S/C17H14N2O2S/c1-10-4-2-5-13(16(10)22)19-12-6-3-8-18-14(12)15-11(17(19)20)7-9-21-15/h2-6,8,22H,7,9H2,1H3. The van der Waals surface area contributed by atoms with Gasteiger partial charge in [0, 0.05) is 17.5 Å². The van der Waals surface area contributed by atoms with Gasteiger partial charge in [0.2, 0.25) is 0 Å². The third-order valence-corrected chi connectivity index (χ3v) is 4.62. The van der Waals surface area contributed by atoms with Crippen LogP contribution in [0.3, 0.4) is 0 Å². The second kappa shape index (κ2) is 4.88. The first-order valence-corrected chi connectivity index (χ1v) is 7.57. The number of hydrogen-bond donors (Lipinski definition) is 1. The van der Waals surface area contributed by atoms with Gasteiger partial charge in [-0.3, -0.25) is 14.3 Å². The number of aromatic nitrogens is 2. The summed E-state index contributed by atoms with van der Waals surface area (Å²) in [5, 5.41) is 0. The highest BCUT2D eigenvalue weighted by Crippen LogP contribution is 2.32. The Hall–Kier alpha value is -2.27. The number of thiol groups is 1. The third kappa shape index (κ3) is 1.78. The summed E-state index contributed by atoms with van der Waals surface area (Å²) in [5.41, 5.74) is 3.93. The molecule has 5 heteroatoms. The molecule has 3 heterocycles. The van der Waals surface area contributed by atoms with Crippen molar-refractivity contribution in [2.75, 3.05) is 6.61 Å². The van der Waals surface area contributed by atoms with Gasteiger partial charge in [-0.15, -0.1) is 12.6 Å². The van der Waals surface area contributed by atoms with E-state index in [1.54, 1.807) is 10.8 Å². The molecule has 2 aromatic heterocycles. The first kappa shape index (κ1) is 13.4. The van der Waals surface area contributed by atoms with Crippen LogP contribution in [-0.4, -0.2) is 16.2 Å². The molecule has 3 aromatic rings. The molecule has 0 radical (unpaired) electrons. The van der Waals surface area contributed by atoms with Gasteiger partial charge in [-0.25, -0.2) is 0 Å². The molecule has 0 fully saturated rings. The number of fused-ring (bicyclic) bond motifs is 3. The van der Waals surface area contributed by atoms with Crippen molar-refractivity contribution in [3.05, 3.63) is 58.0 Å². The van der Waals surface area contributed by atoms with Gasteiger partial charge in [-0.1, -0.05) is 12.1 Å². The van der Waals surface area contributed by atoms with E-state index in [4.69, 9.17) is 4.74 Å². The van der Waals surface area contributed by atoms with Crippen molar-refractivity contribution < 1.29 is 4.74 Å². The van der Waals surface area contributed by atoms with Crippen molar-refractivity contribution >= 4 is 23.7 Å². The summed E-state index contributed by atoms with van der Waals surface area (Å²) in [6, 6.07) is 9.54. The maximum Gasteiger partial charge on any atom is 0.262 e. The highest BCUT2D eigenvalue weighted by atomic mass is 32.1. The van der Waals surface area contributed by atoms with Crippen LogP contribution in [0.15, 0.2) is 46.2 Å². The average Bonchev–Trinajstić information content (AvgIpc) is 3.02. The molecule has 0 N–H and O–H groups in total. The quantitative estimate of drug-likeness (QED) is 0.703. The van der Waals surface area contributed by atoms with Crippen molar-refractivity contribution in [2.24, 2.45) is 0 Å². The molecule has 110 valence electrons. The van der Waals surface area contributed by atoms with Crippen LogP contribution in [0.5, 0.6) is 5.75 Å². The minimum Gasteiger partial charge on any atom is -0.490 e. The van der Waals surface area contributed by atoms with Gasteiger partial charge < -0.3 is 4.74 Å². The molecular weight excluding hydrogens is 296 g/mol. The molecule has 0 aliphatic carbocycles. The summed E-state index contributed by atoms with van der Waals surface area (Å²) < 4.78 is 7.34. The predicted molar refractivity (Wildman–Crippen MR) is 88.5 cm³/mol. The molecule has 1 aliphatic heterocycles. The fourth-order valence-corrected chi connectivity index (χ4v) is 3.18. The Morgan fingerprint density at radius 2 is 2.14 bits per heavy atom. The number of rotatable bonds is 1. The van der Waals surface area contributed by atoms with E-state index < -0.39 is 0 Å². The van der Waals surface area contributed by atoms with Crippen molar-refractivity contribution in [1.29, 1.82) is 0 Å². The summed E-state index contributed by atoms with van der Waals surface area (Å²) in [6.07, 6.45) is 2.34. The van der Waals surface area contributed by atoms with Crippen LogP contribution in [0.2, 0.25) is 0 Å². The van der Waals surface area contributed by atoms with Crippen LogP contribution in [0, 0.1) is 6.92 Å². The molecule has 0 saturated carbocycles. The molecule has 0 bridgehead atoms. The van der Waals surface area contributed by atoms with Crippen molar-refractivity contribution in [3.8, 4) is 11.4 Å². The second-order valence-corrected chi connectivity index (χ2v) is 5.81. The first-order valence-electron chi connectivity index (χ1n) is 7.13. The Kier molecular flexibility index (Phi) is 2.97. The number of hydrogen-bond acceptors (Lipinski definition) is 4. The zero-order valence-corrected chi connectivity index (χ0v) is 12.9. The Bertz CT molecular complexity index is 963. The van der Waals surface area contributed by atoms with Gasteiger partial charge in [0.1, 0.15) is 5.52 Å². The zero-order valence-electron chi connectivity index (χ0n) is 12.0. The van der Waals surface area contributed by atoms with Gasteiger partial charge in [0.25, 0.3) is 5.56 Å². The lowest BCUT2D eigenvalue weighted by atomic mass is 10.1. The molecule has 0 amide bonds. The van der Waals surface area contributed by atoms with Gasteiger partial charge >= 0.3 is 0 Å². The zero-order chi connectivity index (χ0) is 15.3. The van der Waals surface area contributed by atoms with Gasteiger partial charge in [-0.05, 0) is 30.7 Å². The van der Waals surface area contributed by atoms with E-state index in [9.17, 15) is 4.79 Å². The predicted octanol–water partition coefficient (Wildman–Crippen LogP) is 2.92. The molecule has 0 atom stereocenters. The van der Waals surface area contributed by atoms with Crippen molar-refractivity contribution in [3.63, 3.8) is 0 Å². The van der Waals surface area contributed by atoms with Gasteiger partial charge in [0.05, 0.1) is 23.4 Å². The summed E-state index contributed by atoms with van der Waals surface area (Å²) in [4.78, 5) is 18.2. The topological polar surface area (TPSA) is 44.1 Å². The summed E-state index contributed by atoms with van der Waals surface area (Å²) >= 11 is 4.59. The normalized spacial score (nSPS) is 13.2. The first-order chi connectivity index (χ1) is 10.7. The molecule has 0 unspecified atom stereocenters. The van der Waals surface area contributed by atoms with E-state index >= 15 is 0 Å². The number of pyridine rings is 2. The minimum atomic E-state index is -0.0473. The van der Waals surface area contributed by atoms with E-state index in [-0.39, 0.29) is 5.56 Å². The Labute approximate surface area is 132 Å². The molecule has 1 aromatic carbocycles.